The molecule has 1 heterocycles. The van der Waals surface area contributed by atoms with Crippen LogP contribution in [0.25, 0.3) is 0 Å². The van der Waals surface area contributed by atoms with Gasteiger partial charge in [0.15, 0.2) is 0 Å². The van der Waals surface area contributed by atoms with Gasteiger partial charge in [0.05, 0.1) is 12.2 Å². The van der Waals surface area contributed by atoms with Crippen molar-refractivity contribution in [3.05, 3.63) is 29.1 Å². The summed E-state index contributed by atoms with van der Waals surface area (Å²) in [5.74, 6) is -0.662. The van der Waals surface area contributed by atoms with E-state index in [1.54, 1.807) is 0 Å². The average molecular weight is 181 g/mol. The van der Waals surface area contributed by atoms with Gasteiger partial charge in [-0.25, -0.2) is 4.39 Å². The Kier molecular flexibility index (Phi) is 1.69. The smallest absolute Gasteiger partial charge is 0.252 e. The first-order chi connectivity index (χ1) is 6.18. The third-order valence-electron chi connectivity index (χ3n) is 2.01. The number of hydrogen-bond donors (Lipinski definition) is 1. The van der Waals surface area contributed by atoms with E-state index >= 15 is 0 Å². The van der Waals surface area contributed by atoms with Crippen molar-refractivity contribution in [2.45, 2.75) is 6.42 Å². The van der Waals surface area contributed by atoms with Crippen LogP contribution in [0, 0.1) is 5.82 Å². The van der Waals surface area contributed by atoms with Gasteiger partial charge in [0.25, 0.3) is 5.91 Å². The lowest BCUT2D eigenvalue weighted by atomic mass is 10.1. The highest BCUT2D eigenvalue weighted by molar-refractivity contribution is 5.96. The number of benzene rings is 1. The van der Waals surface area contributed by atoms with Crippen molar-refractivity contribution in [2.75, 3.05) is 6.61 Å². The molecular formula is C9H8FNO2. The molecule has 1 aliphatic heterocycles. The first kappa shape index (κ1) is 8.04. The fourth-order valence-electron chi connectivity index (χ4n) is 1.45. The summed E-state index contributed by atoms with van der Waals surface area (Å²) in [6.07, 6.45) is 0.632. The molecule has 0 unspecified atom stereocenters. The number of nitrogens with two attached hydrogens (primary N) is 1. The minimum Gasteiger partial charge on any atom is -0.492 e. The summed E-state index contributed by atoms with van der Waals surface area (Å²) in [5.41, 5.74) is 5.92. The Morgan fingerprint density at radius 3 is 3.00 bits per heavy atom. The minimum absolute atomic E-state index is 0.132. The van der Waals surface area contributed by atoms with E-state index in [9.17, 15) is 9.18 Å². The SMILES string of the molecule is NC(=O)c1cc(F)cc2c1OCC2. The molecule has 68 valence electrons. The normalized spacial score (nSPS) is 13.6. The Hall–Kier alpha value is -1.58. The maximum Gasteiger partial charge on any atom is 0.252 e. The maximum absolute atomic E-state index is 12.9. The van der Waals surface area contributed by atoms with Gasteiger partial charge in [-0.05, 0) is 12.1 Å². The van der Waals surface area contributed by atoms with Crippen LogP contribution in [0.5, 0.6) is 5.75 Å². The van der Waals surface area contributed by atoms with Crippen LogP contribution in [0.3, 0.4) is 0 Å². The monoisotopic (exact) mass is 181 g/mol. The lowest BCUT2D eigenvalue weighted by molar-refractivity contribution is 0.0997. The van der Waals surface area contributed by atoms with Crippen molar-refractivity contribution in [3.63, 3.8) is 0 Å². The maximum atomic E-state index is 12.9. The van der Waals surface area contributed by atoms with Crippen LogP contribution in [0.4, 0.5) is 4.39 Å². The van der Waals surface area contributed by atoms with Crippen molar-refractivity contribution in [2.24, 2.45) is 5.73 Å². The summed E-state index contributed by atoms with van der Waals surface area (Å²) in [6.45, 7) is 0.485. The van der Waals surface area contributed by atoms with Crippen molar-refractivity contribution >= 4 is 5.91 Å². The summed E-state index contributed by atoms with van der Waals surface area (Å²) < 4.78 is 18.1. The molecule has 0 saturated heterocycles. The van der Waals surface area contributed by atoms with E-state index in [4.69, 9.17) is 10.5 Å². The van der Waals surface area contributed by atoms with Gasteiger partial charge in [-0.15, -0.1) is 0 Å². The van der Waals surface area contributed by atoms with Gasteiger partial charge in [-0.1, -0.05) is 0 Å². The predicted molar refractivity (Wildman–Crippen MR) is 44.1 cm³/mol. The second kappa shape index (κ2) is 2.73. The van der Waals surface area contributed by atoms with Crippen LogP contribution in [-0.4, -0.2) is 12.5 Å². The fourth-order valence-corrected chi connectivity index (χ4v) is 1.45. The number of primary amides is 1. The number of hydrogen-bond acceptors (Lipinski definition) is 2. The Morgan fingerprint density at radius 2 is 2.31 bits per heavy atom. The van der Waals surface area contributed by atoms with E-state index in [2.05, 4.69) is 0 Å². The Labute approximate surface area is 74.3 Å². The zero-order valence-corrected chi connectivity index (χ0v) is 6.84. The van der Waals surface area contributed by atoms with Gasteiger partial charge in [-0.2, -0.15) is 0 Å². The summed E-state index contributed by atoms with van der Waals surface area (Å²) in [6, 6.07) is 2.47. The van der Waals surface area contributed by atoms with E-state index in [1.165, 1.54) is 6.07 Å². The molecule has 0 radical (unpaired) electrons. The molecule has 4 heteroatoms. The predicted octanol–water partition coefficient (Wildman–Crippen LogP) is 0.860. The number of halogens is 1. The summed E-state index contributed by atoms with van der Waals surface area (Å²) in [4.78, 5) is 10.9. The van der Waals surface area contributed by atoms with Crippen molar-refractivity contribution < 1.29 is 13.9 Å². The van der Waals surface area contributed by atoms with Crippen LogP contribution in [0.1, 0.15) is 15.9 Å². The molecule has 2 rings (SSSR count). The fraction of sp³-hybridized carbons (Fsp3) is 0.222. The number of carbonyl (C=O) groups excluding carboxylic acids is 1. The third kappa shape index (κ3) is 1.24. The number of amides is 1. The molecule has 0 aromatic heterocycles. The average Bonchev–Trinajstić information content (AvgIpc) is 2.49. The van der Waals surface area contributed by atoms with E-state index in [0.717, 1.165) is 6.07 Å². The van der Waals surface area contributed by atoms with E-state index in [0.29, 0.717) is 24.3 Å². The van der Waals surface area contributed by atoms with Gasteiger partial charge in [0.1, 0.15) is 11.6 Å². The number of carbonyl (C=O) groups is 1. The highest BCUT2D eigenvalue weighted by Crippen LogP contribution is 2.30. The molecule has 13 heavy (non-hydrogen) atoms. The Morgan fingerprint density at radius 1 is 1.54 bits per heavy atom. The molecule has 2 N–H and O–H groups in total. The molecule has 0 fully saturated rings. The van der Waals surface area contributed by atoms with Crippen LogP contribution in [0.15, 0.2) is 12.1 Å². The molecule has 1 aromatic rings. The molecule has 0 saturated carbocycles. The molecule has 1 amide bonds. The Balaban J connectivity index is 2.62. The van der Waals surface area contributed by atoms with E-state index < -0.39 is 11.7 Å². The molecule has 1 aliphatic rings. The van der Waals surface area contributed by atoms with Gasteiger partial charge >= 0.3 is 0 Å². The second-order valence-corrected chi connectivity index (χ2v) is 2.90. The Bertz CT molecular complexity index is 376. The van der Waals surface area contributed by atoms with Gasteiger partial charge < -0.3 is 10.5 Å². The van der Waals surface area contributed by atoms with Crippen LogP contribution in [-0.2, 0) is 6.42 Å². The van der Waals surface area contributed by atoms with Crippen molar-refractivity contribution in [1.29, 1.82) is 0 Å². The molecule has 0 atom stereocenters. The largest absolute Gasteiger partial charge is 0.492 e. The van der Waals surface area contributed by atoms with Crippen molar-refractivity contribution in [3.8, 4) is 5.75 Å². The van der Waals surface area contributed by atoms with Crippen LogP contribution in [0.2, 0.25) is 0 Å². The van der Waals surface area contributed by atoms with E-state index in [1.807, 2.05) is 0 Å². The van der Waals surface area contributed by atoms with Crippen molar-refractivity contribution in [1.82, 2.24) is 0 Å². The highest BCUT2D eigenvalue weighted by Gasteiger charge is 2.20. The standard InChI is InChI=1S/C9H8FNO2/c10-6-3-5-1-2-13-8(5)7(4-6)9(11)12/h3-4H,1-2H2,(H2,11,12). The third-order valence-corrected chi connectivity index (χ3v) is 2.01. The van der Waals surface area contributed by atoms with E-state index in [-0.39, 0.29) is 5.56 Å². The lowest BCUT2D eigenvalue weighted by Gasteiger charge is -2.04. The molecule has 3 nitrogen and oxygen atoms in total. The van der Waals surface area contributed by atoms with Crippen LogP contribution >= 0.6 is 0 Å². The molecule has 1 aromatic carbocycles. The molecule has 0 spiro atoms. The molecular weight excluding hydrogens is 173 g/mol. The summed E-state index contributed by atoms with van der Waals surface area (Å²) in [7, 11) is 0. The zero-order chi connectivity index (χ0) is 9.42. The topological polar surface area (TPSA) is 52.3 Å². The van der Waals surface area contributed by atoms with Gasteiger partial charge in [0, 0.05) is 12.0 Å². The second-order valence-electron chi connectivity index (χ2n) is 2.90. The number of fused-ring (bicyclic) bond motifs is 1. The highest BCUT2D eigenvalue weighted by atomic mass is 19.1. The minimum atomic E-state index is -0.655. The molecule has 0 bridgehead atoms. The lowest BCUT2D eigenvalue weighted by Crippen LogP contribution is -2.12. The quantitative estimate of drug-likeness (QED) is 0.698. The van der Waals surface area contributed by atoms with Crippen LogP contribution < -0.4 is 10.5 Å². The van der Waals surface area contributed by atoms with Gasteiger partial charge in [0.2, 0.25) is 0 Å². The number of ether oxygens (including phenoxy) is 1. The summed E-state index contributed by atoms with van der Waals surface area (Å²) in [5, 5.41) is 0. The number of rotatable bonds is 1. The summed E-state index contributed by atoms with van der Waals surface area (Å²) >= 11 is 0. The zero-order valence-electron chi connectivity index (χ0n) is 6.84. The first-order valence-corrected chi connectivity index (χ1v) is 3.93. The molecule has 0 aliphatic carbocycles. The first-order valence-electron chi connectivity index (χ1n) is 3.93. The van der Waals surface area contributed by atoms with Gasteiger partial charge in [-0.3, -0.25) is 4.79 Å².